The van der Waals surface area contributed by atoms with Crippen LogP contribution in [-0.2, 0) is 4.79 Å². The van der Waals surface area contributed by atoms with Crippen LogP contribution in [0.25, 0.3) is 0 Å². The molecule has 0 spiro atoms. The van der Waals surface area contributed by atoms with Crippen LogP contribution in [-0.4, -0.2) is 18.5 Å². The number of hydrogen-bond donors (Lipinski definition) is 2. The van der Waals surface area contributed by atoms with E-state index < -0.39 is 0 Å². The van der Waals surface area contributed by atoms with Crippen molar-refractivity contribution in [3.05, 3.63) is 35.4 Å². The number of nitrogens with zero attached hydrogens (tertiary/aromatic N) is 1. The highest BCUT2D eigenvalue weighted by Crippen LogP contribution is 2.15. The van der Waals surface area contributed by atoms with Crippen LogP contribution in [0.15, 0.2) is 24.3 Å². The molecule has 4 heteroatoms. The van der Waals surface area contributed by atoms with Gasteiger partial charge in [-0.05, 0) is 44.0 Å². The molecule has 1 amide bonds. The van der Waals surface area contributed by atoms with Gasteiger partial charge in [0.25, 0.3) is 0 Å². The summed E-state index contributed by atoms with van der Waals surface area (Å²) < 4.78 is 0. The number of benzene rings is 1. The fraction of sp³-hybridized carbons (Fsp3) is 0.429. The molecule has 0 aliphatic carbocycles. The molecule has 1 aromatic carbocycles. The Hall–Kier alpha value is -1.86. The summed E-state index contributed by atoms with van der Waals surface area (Å²) in [7, 11) is 0. The molecule has 2 atom stereocenters. The fourth-order valence-corrected chi connectivity index (χ4v) is 2.18. The SMILES string of the molecule is CC(NC(=O)C1CCCN1)c1cccc(C#N)c1. The van der Waals surface area contributed by atoms with E-state index in [1.165, 1.54) is 0 Å². The molecule has 1 aromatic rings. The molecule has 1 saturated heterocycles. The third-order valence-electron chi connectivity index (χ3n) is 3.25. The van der Waals surface area contributed by atoms with Crippen LogP contribution in [0.1, 0.15) is 36.9 Å². The molecule has 2 N–H and O–H groups in total. The highest BCUT2D eigenvalue weighted by molar-refractivity contribution is 5.82. The predicted molar refractivity (Wildman–Crippen MR) is 68.7 cm³/mol. The first kappa shape index (κ1) is 12.6. The minimum Gasteiger partial charge on any atom is -0.348 e. The van der Waals surface area contributed by atoms with Gasteiger partial charge in [-0.2, -0.15) is 5.26 Å². The second kappa shape index (κ2) is 5.65. The van der Waals surface area contributed by atoms with Crippen LogP contribution in [0.2, 0.25) is 0 Å². The van der Waals surface area contributed by atoms with E-state index in [2.05, 4.69) is 16.7 Å². The van der Waals surface area contributed by atoms with E-state index in [0.717, 1.165) is 24.9 Å². The third-order valence-corrected chi connectivity index (χ3v) is 3.25. The van der Waals surface area contributed by atoms with Crippen LogP contribution in [0.3, 0.4) is 0 Å². The lowest BCUT2D eigenvalue weighted by Crippen LogP contribution is -2.41. The quantitative estimate of drug-likeness (QED) is 0.845. The van der Waals surface area contributed by atoms with Crippen LogP contribution in [0, 0.1) is 11.3 Å². The maximum Gasteiger partial charge on any atom is 0.237 e. The zero-order valence-electron chi connectivity index (χ0n) is 10.4. The number of nitriles is 1. The normalized spacial score (nSPS) is 20.1. The Balaban J connectivity index is 2.00. The third kappa shape index (κ3) is 2.88. The number of carbonyl (C=O) groups is 1. The molecule has 1 heterocycles. The molecule has 18 heavy (non-hydrogen) atoms. The standard InChI is InChI=1S/C14H17N3O/c1-10(12-5-2-4-11(8-12)9-15)17-14(18)13-6-3-7-16-13/h2,4-5,8,10,13,16H,3,6-7H2,1H3,(H,17,18). The van der Waals surface area contributed by atoms with Gasteiger partial charge in [-0.1, -0.05) is 12.1 Å². The molecule has 0 radical (unpaired) electrons. The Labute approximate surface area is 107 Å². The van der Waals surface area contributed by atoms with Gasteiger partial charge in [0, 0.05) is 0 Å². The maximum absolute atomic E-state index is 11.9. The van der Waals surface area contributed by atoms with Gasteiger partial charge in [-0.15, -0.1) is 0 Å². The summed E-state index contributed by atoms with van der Waals surface area (Å²) in [5.74, 6) is 0.0439. The molecule has 94 valence electrons. The first-order valence-electron chi connectivity index (χ1n) is 6.24. The molecule has 0 bridgehead atoms. The first-order valence-corrected chi connectivity index (χ1v) is 6.24. The molecular formula is C14H17N3O. The van der Waals surface area contributed by atoms with Gasteiger partial charge in [0.1, 0.15) is 0 Å². The summed E-state index contributed by atoms with van der Waals surface area (Å²) in [6.45, 7) is 2.85. The van der Waals surface area contributed by atoms with Crippen molar-refractivity contribution in [2.45, 2.75) is 31.8 Å². The van der Waals surface area contributed by atoms with Crippen LogP contribution < -0.4 is 10.6 Å². The molecule has 0 saturated carbocycles. The Morgan fingerprint density at radius 1 is 1.61 bits per heavy atom. The van der Waals surface area contributed by atoms with Gasteiger partial charge in [-0.3, -0.25) is 4.79 Å². The van der Waals surface area contributed by atoms with Gasteiger partial charge >= 0.3 is 0 Å². The Kier molecular flexibility index (Phi) is 3.96. The van der Waals surface area contributed by atoms with Crippen molar-refractivity contribution in [2.24, 2.45) is 0 Å². The van der Waals surface area contributed by atoms with Crippen molar-refractivity contribution in [1.82, 2.24) is 10.6 Å². The molecule has 1 aliphatic rings. The van der Waals surface area contributed by atoms with Crippen molar-refractivity contribution < 1.29 is 4.79 Å². The highest BCUT2D eigenvalue weighted by atomic mass is 16.2. The zero-order valence-corrected chi connectivity index (χ0v) is 10.4. The van der Waals surface area contributed by atoms with E-state index in [1.807, 2.05) is 25.1 Å². The van der Waals surface area contributed by atoms with Crippen LogP contribution in [0.4, 0.5) is 0 Å². The number of nitrogens with one attached hydrogen (secondary N) is 2. The Morgan fingerprint density at radius 2 is 2.44 bits per heavy atom. The predicted octanol–water partition coefficient (Wildman–Crippen LogP) is 1.49. The topological polar surface area (TPSA) is 64.9 Å². The van der Waals surface area contributed by atoms with Gasteiger partial charge in [0.2, 0.25) is 5.91 Å². The summed E-state index contributed by atoms with van der Waals surface area (Å²) in [6.07, 6.45) is 1.95. The van der Waals surface area contributed by atoms with Gasteiger partial charge in [0.15, 0.2) is 0 Å². The largest absolute Gasteiger partial charge is 0.348 e. The van der Waals surface area contributed by atoms with Crippen molar-refractivity contribution in [2.75, 3.05) is 6.54 Å². The molecule has 2 unspecified atom stereocenters. The summed E-state index contributed by atoms with van der Waals surface area (Å²) >= 11 is 0. The molecule has 1 aliphatic heterocycles. The monoisotopic (exact) mass is 243 g/mol. The van der Waals surface area contributed by atoms with Crippen molar-refractivity contribution in [3.63, 3.8) is 0 Å². The van der Waals surface area contributed by atoms with Crippen LogP contribution >= 0.6 is 0 Å². The van der Waals surface area contributed by atoms with Gasteiger partial charge < -0.3 is 10.6 Å². The zero-order chi connectivity index (χ0) is 13.0. The lowest BCUT2D eigenvalue weighted by molar-refractivity contribution is -0.123. The van der Waals surface area contributed by atoms with E-state index >= 15 is 0 Å². The lowest BCUT2D eigenvalue weighted by Gasteiger charge is -2.17. The van der Waals surface area contributed by atoms with Crippen molar-refractivity contribution in [3.8, 4) is 6.07 Å². The van der Waals surface area contributed by atoms with Gasteiger partial charge in [0.05, 0.1) is 23.7 Å². The van der Waals surface area contributed by atoms with E-state index in [9.17, 15) is 4.79 Å². The minimum atomic E-state index is -0.0757. The second-order valence-electron chi connectivity index (χ2n) is 4.62. The van der Waals surface area contributed by atoms with E-state index in [-0.39, 0.29) is 18.0 Å². The maximum atomic E-state index is 11.9. The fourth-order valence-electron chi connectivity index (χ4n) is 2.18. The Bertz CT molecular complexity index is 472. The number of hydrogen-bond acceptors (Lipinski definition) is 3. The molecule has 1 fully saturated rings. The summed E-state index contributed by atoms with van der Waals surface area (Å²) in [5, 5.41) is 15.0. The Morgan fingerprint density at radius 3 is 3.11 bits per heavy atom. The van der Waals surface area contributed by atoms with E-state index in [4.69, 9.17) is 5.26 Å². The number of rotatable bonds is 3. The van der Waals surface area contributed by atoms with Gasteiger partial charge in [-0.25, -0.2) is 0 Å². The number of carbonyl (C=O) groups excluding carboxylic acids is 1. The molecule has 2 rings (SSSR count). The highest BCUT2D eigenvalue weighted by Gasteiger charge is 2.23. The van der Waals surface area contributed by atoms with Crippen LogP contribution in [0.5, 0.6) is 0 Å². The summed E-state index contributed by atoms with van der Waals surface area (Å²) in [6, 6.07) is 9.30. The van der Waals surface area contributed by atoms with E-state index in [0.29, 0.717) is 5.56 Å². The first-order chi connectivity index (χ1) is 8.70. The lowest BCUT2D eigenvalue weighted by atomic mass is 10.1. The van der Waals surface area contributed by atoms with E-state index in [1.54, 1.807) is 6.07 Å². The number of amides is 1. The van der Waals surface area contributed by atoms with Crippen molar-refractivity contribution >= 4 is 5.91 Å². The summed E-state index contributed by atoms with van der Waals surface area (Å²) in [4.78, 5) is 11.9. The average molecular weight is 243 g/mol. The molecule has 4 nitrogen and oxygen atoms in total. The smallest absolute Gasteiger partial charge is 0.237 e. The molecular weight excluding hydrogens is 226 g/mol. The minimum absolute atomic E-state index is 0.0439. The van der Waals surface area contributed by atoms with Crippen molar-refractivity contribution in [1.29, 1.82) is 5.26 Å². The molecule has 0 aromatic heterocycles. The average Bonchev–Trinajstić information content (AvgIpc) is 2.92. The summed E-state index contributed by atoms with van der Waals surface area (Å²) in [5.41, 5.74) is 1.58. The second-order valence-corrected chi connectivity index (χ2v) is 4.62.